The lowest BCUT2D eigenvalue weighted by Gasteiger charge is -2.54. The van der Waals surface area contributed by atoms with Gasteiger partial charge in [0, 0.05) is 31.9 Å². The van der Waals surface area contributed by atoms with E-state index >= 15 is 0 Å². The van der Waals surface area contributed by atoms with Gasteiger partial charge in [0.15, 0.2) is 0 Å². The quantitative estimate of drug-likeness (QED) is 0.896. The zero-order chi connectivity index (χ0) is 15.7. The molecule has 5 heteroatoms. The highest BCUT2D eigenvalue weighted by Gasteiger charge is 2.53. The molecule has 1 saturated carbocycles. The predicted molar refractivity (Wildman–Crippen MR) is 82.3 cm³/mol. The molecule has 2 fully saturated rings. The number of fused-ring (bicyclic) bond motifs is 1. The van der Waals surface area contributed by atoms with Crippen LogP contribution in [-0.2, 0) is 4.74 Å². The van der Waals surface area contributed by atoms with Gasteiger partial charge in [-0.15, -0.1) is 0 Å². The van der Waals surface area contributed by atoms with Crippen LogP contribution in [0.3, 0.4) is 0 Å². The Morgan fingerprint density at radius 2 is 2.05 bits per heavy atom. The summed E-state index contributed by atoms with van der Waals surface area (Å²) in [5, 5.41) is 20.9. The molecule has 1 aliphatic carbocycles. The maximum Gasteiger partial charge on any atom is 0.123 e. The van der Waals surface area contributed by atoms with Crippen molar-refractivity contribution >= 4 is 5.69 Å². The number of ether oxygens (including phenoxy) is 1. The van der Waals surface area contributed by atoms with Crippen LogP contribution < -0.4 is 4.90 Å². The van der Waals surface area contributed by atoms with Crippen molar-refractivity contribution in [3.63, 3.8) is 0 Å². The lowest BCUT2D eigenvalue weighted by atomic mass is 9.68. The second kappa shape index (κ2) is 6.14. The molecule has 22 heavy (non-hydrogen) atoms. The smallest absolute Gasteiger partial charge is 0.123 e. The van der Waals surface area contributed by atoms with Crippen molar-refractivity contribution in [3.8, 4) is 0 Å². The van der Waals surface area contributed by atoms with Crippen LogP contribution in [0.1, 0.15) is 25.7 Å². The van der Waals surface area contributed by atoms with E-state index in [1.807, 2.05) is 11.9 Å². The van der Waals surface area contributed by atoms with E-state index in [9.17, 15) is 14.6 Å². The molecule has 0 radical (unpaired) electrons. The first-order valence-electron chi connectivity index (χ1n) is 7.99. The lowest BCUT2D eigenvalue weighted by Crippen LogP contribution is -2.66. The summed E-state index contributed by atoms with van der Waals surface area (Å²) < 4.78 is 18.9. The molecule has 0 bridgehead atoms. The molecule has 1 saturated heterocycles. The van der Waals surface area contributed by atoms with E-state index in [0.717, 1.165) is 24.9 Å². The van der Waals surface area contributed by atoms with Crippen molar-refractivity contribution in [2.24, 2.45) is 5.92 Å². The zero-order valence-electron chi connectivity index (χ0n) is 12.9. The lowest BCUT2D eigenvalue weighted by molar-refractivity contribution is -0.198. The van der Waals surface area contributed by atoms with Crippen molar-refractivity contribution in [2.45, 2.75) is 43.4 Å². The number of halogens is 1. The van der Waals surface area contributed by atoms with Crippen LogP contribution in [0.4, 0.5) is 10.1 Å². The van der Waals surface area contributed by atoms with Crippen LogP contribution in [0.25, 0.3) is 0 Å². The van der Waals surface area contributed by atoms with E-state index in [1.165, 1.54) is 12.1 Å². The van der Waals surface area contributed by atoms with E-state index in [-0.39, 0.29) is 30.5 Å². The molecule has 1 aromatic rings. The van der Waals surface area contributed by atoms with E-state index in [4.69, 9.17) is 4.74 Å². The highest BCUT2D eigenvalue weighted by Crippen LogP contribution is 2.43. The summed E-state index contributed by atoms with van der Waals surface area (Å²) >= 11 is 0. The van der Waals surface area contributed by atoms with Crippen LogP contribution in [0.5, 0.6) is 0 Å². The van der Waals surface area contributed by atoms with Crippen LogP contribution in [-0.4, -0.2) is 48.2 Å². The summed E-state index contributed by atoms with van der Waals surface area (Å²) in [6, 6.07) is 6.24. The molecule has 0 spiro atoms. The minimum atomic E-state index is -0.965. The second-order valence-corrected chi connectivity index (χ2v) is 6.51. The Bertz CT molecular complexity index is 509. The van der Waals surface area contributed by atoms with Gasteiger partial charge in [0.2, 0.25) is 0 Å². The van der Waals surface area contributed by atoms with Crippen LogP contribution in [0, 0.1) is 11.7 Å². The maximum atomic E-state index is 13.1. The van der Waals surface area contributed by atoms with Crippen molar-refractivity contribution in [2.75, 3.05) is 25.2 Å². The van der Waals surface area contributed by atoms with Crippen molar-refractivity contribution in [1.82, 2.24) is 0 Å². The molecule has 0 aromatic heterocycles. The van der Waals surface area contributed by atoms with Crippen molar-refractivity contribution < 1.29 is 19.3 Å². The Labute approximate surface area is 130 Å². The Hall–Kier alpha value is -1.17. The number of likely N-dealkylation sites (N-methyl/N-ethyl adjacent to an activating group) is 1. The number of anilines is 1. The number of benzene rings is 1. The molecule has 2 N–H and O–H groups in total. The number of hydrogen-bond donors (Lipinski definition) is 2. The summed E-state index contributed by atoms with van der Waals surface area (Å²) in [6.45, 7) is 0.677. The Balaban J connectivity index is 1.87. The fourth-order valence-corrected chi connectivity index (χ4v) is 4.10. The molecule has 1 aromatic carbocycles. The maximum absolute atomic E-state index is 13.1. The van der Waals surface area contributed by atoms with Gasteiger partial charge >= 0.3 is 0 Å². The zero-order valence-corrected chi connectivity index (χ0v) is 12.9. The standard InChI is InChI=1S/C17H24FNO3/c1-19(14-6-4-13(18)5-7-14)15-8-3-12(11-20)16-17(15,21)9-2-10-22-16/h4-7,12,15-16,20-21H,2-3,8-11H2,1H3/t12?,15?,16-,17+/m0/s1. The summed E-state index contributed by atoms with van der Waals surface area (Å²) in [5.74, 6) is -0.276. The highest BCUT2D eigenvalue weighted by molar-refractivity contribution is 5.47. The predicted octanol–water partition coefficient (Wildman–Crippen LogP) is 1.94. The second-order valence-electron chi connectivity index (χ2n) is 6.51. The van der Waals surface area contributed by atoms with Gasteiger partial charge in [-0.25, -0.2) is 4.39 Å². The van der Waals surface area contributed by atoms with Gasteiger partial charge in [-0.2, -0.15) is 0 Å². The number of hydrogen-bond acceptors (Lipinski definition) is 4. The summed E-state index contributed by atoms with van der Waals surface area (Å²) in [6.07, 6.45) is 2.77. The van der Waals surface area contributed by atoms with Gasteiger partial charge in [-0.1, -0.05) is 0 Å². The molecule has 4 atom stereocenters. The Morgan fingerprint density at radius 1 is 1.32 bits per heavy atom. The number of rotatable bonds is 3. The van der Waals surface area contributed by atoms with Gasteiger partial charge in [-0.05, 0) is 49.9 Å². The third-order valence-electron chi connectivity index (χ3n) is 5.26. The fraction of sp³-hybridized carbons (Fsp3) is 0.647. The number of nitrogens with zero attached hydrogens (tertiary/aromatic N) is 1. The molecule has 2 aliphatic rings. The first-order valence-corrected chi connectivity index (χ1v) is 7.99. The SMILES string of the molecule is CN(c1ccc(F)cc1)C1CCC(CO)[C@@H]2OCCC[C@@]12O. The molecule has 1 heterocycles. The molecule has 122 valence electrons. The normalized spacial score (nSPS) is 35.0. The van der Waals surface area contributed by atoms with Gasteiger partial charge in [0.25, 0.3) is 0 Å². The number of aliphatic hydroxyl groups is 2. The van der Waals surface area contributed by atoms with E-state index in [2.05, 4.69) is 0 Å². The molecule has 0 amide bonds. The first-order chi connectivity index (χ1) is 10.6. The monoisotopic (exact) mass is 309 g/mol. The topological polar surface area (TPSA) is 52.9 Å². The van der Waals surface area contributed by atoms with Crippen molar-refractivity contribution in [1.29, 1.82) is 0 Å². The number of aliphatic hydroxyl groups excluding tert-OH is 1. The fourth-order valence-electron chi connectivity index (χ4n) is 4.10. The molecule has 4 nitrogen and oxygen atoms in total. The summed E-state index contributed by atoms with van der Waals surface area (Å²) in [5.41, 5.74) is -0.0841. The molecular weight excluding hydrogens is 285 g/mol. The average molecular weight is 309 g/mol. The van der Waals surface area contributed by atoms with Gasteiger partial charge in [0.05, 0.1) is 12.1 Å². The van der Waals surface area contributed by atoms with Gasteiger partial charge < -0.3 is 19.8 Å². The van der Waals surface area contributed by atoms with Crippen LogP contribution in [0.15, 0.2) is 24.3 Å². The van der Waals surface area contributed by atoms with E-state index < -0.39 is 5.60 Å². The largest absolute Gasteiger partial charge is 0.396 e. The summed E-state index contributed by atoms with van der Waals surface area (Å²) in [7, 11) is 1.93. The first kappa shape index (κ1) is 15.7. The van der Waals surface area contributed by atoms with Gasteiger partial charge in [-0.3, -0.25) is 0 Å². The summed E-state index contributed by atoms with van der Waals surface area (Å²) in [4.78, 5) is 2.02. The Kier molecular flexibility index (Phi) is 4.39. The minimum absolute atomic E-state index is 0.0110. The van der Waals surface area contributed by atoms with E-state index in [0.29, 0.717) is 13.0 Å². The highest BCUT2D eigenvalue weighted by atomic mass is 19.1. The van der Waals surface area contributed by atoms with E-state index in [1.54, 1.807) is 12.1 Å². The molecular formula is C17H24FNO3. The third-order valence-corrected chi connectivity index (χ3v) is 5.26. The third kappa shape index (κ3) is 2.62. The van der Waals surface area contributed by atoms with Crippen molar-refractivity contribution in [3.05, 3.63) is 30.1 Å². The average Bonchev–Trinajstić information content (AvgIpc) is 2.53. The Morgan fingerprint density at radius 3 is 2.73 bits per heavy atom. The van der Waals surface area contributed by atoms with Crippen LogP contribution in [0.2, 0.25) is 0 Å². The molecule has 1 aliphatic heterocycles. The van der Waals surface area contributed by atoms with Crippen LogP contribution >= 0.6 is 0 Å². The molecule has 2 unspecified atom stereocenters. The van der Waals surface area contributed by atoms with Gasteiger partial charge in [0.1, 0.15) is 11.4 Å². The molecule has 3 rings (SSSR count). The minimum Gasteiger partial charge on any atom is -0.396 e.